The van der Waals surface area contributed by atoms with Crippen molar-refractivity contribution in [1.82, 2.24) is 15.1 Å². The summed E-state index contributed by atoms with van der Waals surface area (Å²) < 4.78 is 0. The minimum Gasteiger partial charge on any atom is -0.389 e. The van der Waals surface area contributed by atoms with Crippen molar-refractivity contribution in [1.29, 1.82) is 5.26 Å². The lowest BCUT2D eigenvalue weighted by molar-refractivity contribution is -0.128. The number of nitrogens with zero attached hydrogens (tertiary/aromatic N) is 3. The van der Waals surface area contributed by atoms with Crippen molar-refractivity contribution in [2.45, 2.75) is 6.42 Å². The van der Waals surface area contributed by atoms with Crippen molar-refractivity contribution in [3.8, 4) is 6.07 Å². The van der Waals surface area contributed by atoms with Gasteiger partial charge in [-0.2, -0.15) is 5.26 Å². The van der Waals surface area contributed by atoms with Crippen LogP contribution in [0.2, 0.25) is 0 Å². The minimum atomic E-state index is -0.178. The highest BCUT2D eigenvalue weighted by Gasteiger charge is 2.21. The fraction of sp³-hybridized carbons (Fsp3) is 0.412. The number of likely N-dealkylation sites (N-methyl/N-ethyl adjacent to an activating group) is 1. The van der Waals surface area contributed by atoms with Gasteiger partial charge in [0.15, 0.2) is 0 Å². The molecule has 1 fully saturated rings. The first-order valence-electron chi connectivity index (χ1n) is 7.56. The third-order valence-corrected chi connectivity index (χ3v) is 3.79. The number of nitriles is 1. The van der Waals surface area contributed by atoms with Crippen molar-refractivity contribution in [2.24, 2.45) is 0 Å². The molecular weight excluding hydrogens is 276 g/mol. The van der Waals surface area contributed by atoms with Crippen molar-refractivity contribution in [2.75, 3.05) is 39.8 Å². The van der Waals surface area contributed by atoms with Gasteiger partial charge in [-0.15, -0.1) is 0 Å². The zero-order chi connectivity index (χ0) is 15.8. The highest BCUT2D eigenvalue weighted by molar-refractivity contribution is 5.97. The van der Waals surface area contributed by atoms with Crippen LogP contribution in [0.3, 0.4) is 0 Å². The summed E-state index contributed by atoms with van der Waals surface area (Å²) in [4.78, 5) is 16.2. The Morgan fingerprint density at radius 1 is 1.27 bits per heavy atom. The largest absolute Gasteiger partial charge is 0.389 e. The highest BCUT2D eigenvalue weighted by atomic mass is 16.2. The summed E-state index contributed by atoms with van der Waals surface area (Å²) in [5.74, 6) is -0.178. The molecule has 1 aromatic rings. The smallest absolute Gasteiger partial charge is 0.266 e. The number of carbonyl (C=O) groups is 1. The van der Waals surface area contributed by atoms with Gasteiger partial charge in [-0.05, 0) is 19.0 Å². The van der Waals surface area contributed by atoms with E-state index in [4.69, 9.17) is 0 Å². The molecule has 2 rings (SSSR count). The number of carbonyl (C=O) groups excluding carboxylic acids is 1. The van der Waals surface area contributed by atoms with E-state index in [0.29, 0.717) is 19.6 Å². The first kappa shape index (κ1) is 16.1. The Morgan fingerprint density at radius 2 is 1.95 bits per heavy atom. The fourth-order valence-electron chi connectivity index (χ4n) is 2.36. The van der Waals surface area contributed by atoms with Gasteiger partial charge in [-0.25, -0.2) is 0 Å². The first-order valence-corrected chi connectivity index (χ1v) is 7.56. The van der Waals surface area contributed by atoms with Crippen molar-refractivity contribution >= 4 is 5.91 Å². The average molecular weight is 298 g/mol. The minimum absolute atomic E-state index is 0.178. The second kappa shape index (κ2) is 8.20. The Kier molecular flexibility index (Phi) is 5.99. The summed E-state index contributed by atoms with van der Waals surface area (Å²) >= 11 is 0. The van der Waals surface area contributed by atoms with Gasteiger partial charge >= 0.3 is 0 Å². The summed E-state index contributed by atoms with van der Waals surface area (Å²) in [5.41, 5.74) is 1.41. The van der Waals surface area contributed by atoms with E-state index in [0.717, 1.165) is 19.5 Å². The Bertz CT molecular complexity index is 554. The maximum atomic E-state index is 12.3. The molecule has 1 aliphatic rings. The molecule has 1 N–H and O–H groups in total. The number of benzene rings is 1. The molecule has 0 unspecified atom stereocenters. The lowest BCUT2D eigenvalue weighted by Crippen LogP contribution is -2.47. The third-order valence-electron chi connectivity index (χ3n) is 3.79. The first-order chi connectivity index (χ1) is 10.7. The highest BCUT2D eigenvalue weighted by Crippen LogP contribution is 2.05. The molecule has 1 heterocycles. The van der Waals surface area contributed by atoms with E-state index in [1.807, 2.05) is 31.3 Å². The summed E-state index contributed by atoms with van der Waals surface area (Å²) in [6, 6.07) is 12.1. The number of piperazine rings is 1. The topological polar surface area (TPSA) is 59.4 Å². The van der Waals surface area contributed by atoms with Gasteiger partial charge in [0.1, 0.15) is 11.6 Å². The maximum absolute atomic E-state index is 12.3. The van der Waals surface area contributed by atoms with Gasteiger partial charge in [0.05, 0.1) is 0 Å². The molecule has 0 radical (unpaired) electrons. The predicted octanol–water partition coefficient (Wildman–Crippen LogP) is 1.00. The standard InChI is InChI=1S/C17H22N4O/c1-20-9-11-21(12-10-20)17(22)16(13-18)14-19-8-7-15-5-3-2-4-6-15/h2-6,14,19H,7-12H2,1H3/b16-14-. The molecule has 5 heteroatoms. The van der Waals surface area contributed by atoms with Crippen LogP contribution in [-0.2, 0) is 11.2 Å². The van der Waals surface area contributed by atoms with Crippen molar-refractivity contribution < 1.29 is 4.79 Å². The van der Waals surface area contributed by atoms with E-state index in [2.05, 4.69) is 22.3 Å². The van der Waals surface area contributed by atoms with E-state index < -0.39 is 0 Å². The average Bonchev–Trinajstić information content (AvgIpc) is 2.56. The second-order valence-corrected chi connectivity index (χ2v) is 5.46. The van der Waals surface area contributed by atoms with Crippen LogP contribution in [0, 0.1) is 11.3 Å². The van der Waals surface area contributed by atoms with Crippen LogP contribution in [0.25, 0.3) is 0 Å². The summed E-state index contributed by atoms with van der Waals surface area (Å²) in [7, 11) is 2.04. The Labute approximate surface area is 131 Å². The molecular formula is C17H22N4O. The van der Waals surface area contributed by atoms with E-state index in [1.54, 1.807) is 11.1 Å². The van der Waals surface area contributed by atoms with E-state index in [-0.39, 0.29) is 11.5 Å². The Hall–Kier alpha value is -2.32. The van der Waals surface area contributed by atoms with Crippen molar-refractivity contribution in [3.63, 3.8) is 0 Å². The summed E-state index contributed by atoms with van der Waals surface area (Å²) in [5, 5.41) is 12.3. The molecule has 0 spiro atoms. The molecule has 116 valence electrons. The zero-order valence-corrected chi connectivity index (χ0v) is 13.0. The van der Waals surface area contributed by atoms with Gasteiger partial charge in [0.2, 0.25) is 0 Å². The molecule has 1 aromatic carbocycles. The number of nitrogens with one attached hydrogen (secondary N) is 1. The number of hydrogen-bond donors (Lipinski definition) is 1. The second-order valence-electron chi connectivity index (χ2n) is 5.46. The van der Waals surface area contributed by atoms with Gasteiger partial charge in [-0.1, -0.05) is 30.3 Å². The molecule has 1 saturated heterocycles. The van der Waals surface area contributed by atoms with Crippen LogP contribution in [0.15, 0.2) is 42.1 Å². The van der Waals surface area contributed by atoms with E-state index in [9.17, 15) is 10.1 Å². The normalized spacial score (nSPS) is 16.2. The van der Waals surface area contributed by atoms with Crippen LogP contribution < -0.4 is 5.32 Å². The van der Waals surface area contributed by atoms with Crippen molar-refractivity contribution in [3.05, 3.63) is 47.7 Å². The maximum Gasteiger partial charge on any atom is 0.266 e. The number of amides is 1. The lowest BCUT2D eigenvalue weighted by Gasteiger charge is -2.32. The zero-order valence-electron chi connectivity index (χ0n) is 13.0. The van der Waals surface area contributed by atoms with Gasteiger partial charge in [-0.3, -0.25) is 4.79 Å². The Morgan fingerprint density at radius 3 is 2.59 bits per heavy atom. The molecule has 1 amide bonds. The molecule has 1 aliphatic heterocycles. The van der Waals surface area contributed by atoms with Crippen LogP contribution in [0.5, 0.6) is 0 Å². The molecule has 22 heavy (non-hydrogen) atoms. The third kappa shape index (κ3) is 4.61. The molecule has 0 bridgehead atoms. The number of hydrogen-bond acceptors (Lipinski definition) is 4. The van der Waals surface area contributed by atoms with Crippen LogP contribution in [0.4, 0.5) is 0 Å². The van der Waals surface area contributed by atoms with Gasteiger partial charge in [0, 0.05) is 38.9 Å². The van der Waals surface area contributed by atoms with Crippen LogP contribution in [0.1, 0.15) is 5.56 Å². The SMILES string of the molecule is CN1CCN(C(=O)/C(C#N)=C\NCCc2ccccc2)CC1. The fourth-order valence-corrected chi connectivity index (χ4v) is 2.36. The lowest BCUT2D eigenvalue weighted by atomic mass is 10.1. The van der Waals surface area contributed by atoms with E-state index >= 15 is 0 Å². The molecule has 0 aliphatic carbocycles. The van der Waals surface area contributed by atoms with Gasteiger partial charge < -0.3 is 15.1 Å². The summed E-state index contributed by atoms with van der Waals surface area (Å²) in [6.45, 7) is 3.76. The summed E-state index contributed by atoms with van der Waals surface area (Å²) in [6.07, 6.45) is 2.41. The number of rotatable bonds is 5. The molecule has 0 saturated carbocycles. The molecule has 5 nitrogen and oxygen atoms in total. The van der Waals surface area contributed by atoms with Crippen LogP contribution in [-0.4, -0.2) is 55.5 Å². The van der Waals surface area contributed by atoms with Gasteiger partial charge in [0.25, 0.3) is 5.91 Å². The molecule has 0 atom stereocenters. The quantitative estimate of drug-likeness (QED) is 0.500. The van der Waals surface area contributed by atoms with E-state index in [1.165, 1.54) is 5.56 Å². The monoisotopic (exact) mass is 298 g/mol. The Balaban J connectivity index is 1.82. The molecule has 0 aromatic heterocycles. The predicted molar refractivity (Wildman–Crippen MR) is 85.9 cm³/mol. The van der Waals surface area contributed by atoms with Crippen LogP contribution >= 0.6 is 0 Å².